The first-order valence-corrected chi connectivity index (χ1v) is 7.07. The molecule has 0 aliphatic heterocycles. The van der Waals surface area contributed by atoms with Gasteiger partial charge in [0.2, 0.25) is 0 Å². The summed E-state index contributed by atoms with van der Waals surface area (Å²) in [6, 6.07) is 2.10. The molecule has 0 spiro atoms. The zero-order chi connectivity index (χ0) is 11.8. The predicted molar refractivity (Wildman–Crippen MR) is 74.4 cm³/mol. The van der Waals surface area contributed by atoms with Crippen molar-refractivity contribution in [3.05, 3.63) is 18.5 Å². The normalized spacial score (nSPS) is 12.2. The van der Waals surface area contributed by atoms with E-state index in [-0.39, 0.29) is 0 Å². The first kappa shape index (κ1) is 13.2. The number of nitrogens with one attached hydrogen (secondary N) is 2. The van der Waals surface area contributed by atoms with Gasteiger partial charge >= 0.3 is 0 Å². The van der Waals surface area contributed by atoms with Crippen LogP contribution in [-0.4, -0.2) is 30.1 Å². The topological polar surface area (TPSA) is 37.0 Å². The van der Waals surface area contributed by atoms with Crippen LogP contribution in [-0.2, 0) is 0 Å². The standard InChI is InChI=1S/C12H21N3S/c1-4-14-11-5-12(8-13-7-11)15-6-10(2)9-16-3/h5,7-8,10,14-15H,4,6,9H2,1-3H3. The zero-order valence-electron chi connectivity index (χ0n) is 10.3. The molecule has 1 aromatic rings. The summed E-state index contributed by atoms with van der Waals surface area (Å²) in [6.45, 7) is 6.26. The maximum atomic E-state index is 4.20. The number of hydrogen-bond acceptors (Lipinski definition) is 4. The highest BCUT2D eigenvalue weighted by molar-refractivity contribution is 7.98. The van der Waals surface area contributed by atoms with Crippen LogP contribution in [0.25, 0.3) is 0 Å². The number of rotatable bonds is 7. The molecule has 0 bridgehead atoms. The second-order valence-corrected chi connectivity index (χ2v) is 4.84. The van der Waals surface area contributed by atoms with Gasteiger partial charge in [-0.15, -0.1) is 0 Å². The minimum absolute atomic E-state index is 0.679. The Labute approximate surface area is 102 Å². The van der Waals surface area contributed by atoms with Gasteiger partial charge in [0.1, 0.15) is 0 Å². The molecule has 16 heavy (non-hydrogen) atoms. The summed E-state index contributed by atoms with van der Waals surface area (Å²) in [6.07, 6.45) is 5.86. The van der Waals surface area contributed by atoms with Crippen LogP contribution in [0.3, 0.4) is 0 Å². The van der Waals surface area contributed by atoms with E-state index in [0.717, 1.165) is 24.5 Å². The van der Waals surface area contributed by atoms with Gasteiger partial charge in [-0.05, 0) is 30.9 Å². The van der Waals surface area contributed by atoms with Gasteiger partial charge in [0.25, 0.3) is 0 Å². The average molecular weight is 239 g/mol. The van der Waals surface area contributed by atoms with Crippen molar-refractivity contribution in [3.8, 4) is 0 Å². The van der Waals surface area contributed by atoms with Gasteiger partial charge < -0.3 is 10.6 Å². The van der Waals surface area contributed by atoms with E-state index in [2.05, 4.69) is 41.8 Å². The zero-order valence-corrected chi connectivity index (χ0v) is 11.1. The number of nitrogens with zero attached hydrogens (tertiary/aromatic N) is 1. The Balaban J connectivity index is 2.44. The Morgan fingerprint density at radius 1 is 1.31 bits per heavy atom. The Bertz CT molecular complexity index is 304. The number of anilines is 2. The lowest BCUT2D eigenvalue weighted by Crippen LogP contribution is -2.13. The van der Waals surface area contributed by atoms with Gasteiger partial charge in [-0.3, -0.25) is 4.98 Å². The third-order valence-electron chi connectivity index (χ3n) is 2.22. The molecule has 4 heteroatoms. The van der Waals surface area contributed by atoms with Crippen molar-refractivity contribution in [2.45, 2.75) is 13.8 Å². The molecule has 0 radical (unpaired) electrons. The Morgan fingerprint density at radius 2 is 2.00 bits per heavy atom. The molecule has 1 rings (SSSR count). The molecule has 0 fully saturated rings. The fourth-order valence-corrected chi connectivity index (χ4v) is 2.16. The van der Waals surface area contributed by atoms with Crippen LogP contribution in [0.4, 0.5) is 11.4 Å². The quantitative estimate of drug-likeness (QED) is 0.767. The Hall–Kier alpha value is -0.900. The third kappa shape index (κ3) is 4.75. The monoisotopic (exact) mass is 239 g/mol. The van der Waals surface area contributed by atoms with E-state index in [1.807, 2.05) is 24.2 Å². The number of aromatic nitrogens is 1. The van der Waals surface area contributed by atoms with Crippen molar-refractivity contribution >= 4 is 23.1 Å². The molecular weight excluding hydrogens is 218 g/mol. The summed E-state index contributed by atoms with van der Waals surface area (Å²) in [5.74, 6) is 1.87. The lowest BCUT2D eigenvalue weighted by Gasteiger charge is -2.12. The molecule has 0 amide bonds. The number of pyridine rings is 1. The highest BCUT2D eigenvalue weighted by Crippen LogP contribution is 2.13. The smallest absolute Gasteiger partial charge is 0.0547 e. The van der Waals surface area contributed by atoms with Gasteiger partial charge in [0.05, 0.1) is 23.8 Å². The molecule has 0 aliphatic rings. The van der Waals surface area contributed by atoms with E-state index in [4.69, 9.17) is 0 Å². The molecule has 2 N–H and O–H groups in total. The first-order valence-electron chi connectivity index (χ1n) is 5.68. The van der Waals surface area contributed by atoms with Crippen LogP contribution in [0.2, 0.25) is 0 Å². The SMILES string of the molecule is CCNc1cncc(NCC(C)CSC)c1. The molecule has 1 unspecified atom stereocenters. The second-order valence-electron chi connectivity index (χ2n) is 3.93. The van der Waals surface area contributed by atoms with Gasteiger partial charge in [-0.1, -0.05) is 6.92 Å². The molecule has 1 aromatic heterocycles. The van der Waals surface area contributed by atoms with Crippen molar-refractivity contribution in [1.29, 1.82) is 0 Å². The summed E-state index contributed by atoms with van der Waals surface area (Å²) >= 11 is 1.89. The first-order chi connectivity index (χ1) is 7.76. The second kappa shape index (κ2) is 7.39. The number of hydrogen-bond donors (Lipinski definition) is 2. The van der Waals surface area contributed by atoms with Gasteiger partial charge in [-0.25, -0.2) is 0 Å². The van der Waals surface area contributed by atoms with E-state index in [1.165, 1.54) is 5.75 Å². The van der Waals surface area contributed by atoms with Crippen molar-refractivity contribution < 1.29 is 0 Å². The molecule has 1 atom stereocenters. The third-order valence-corrected chi connectivity index (χ3v) is 3.13. The van der Waals surface area contributed by atoms with Crippen LogP contribution < -0.4 is 10.6 Å². The van der Waals surface area contributed by atoms with E-state index in [9.17, 15) is 0 Å². The van der Waals surface area contributed by atoms with Crippen LogP contribution >= 0.6 is 11.8 Å². The lowest BCUT2D eigenvalue weighted by atomic mass is 10.2. The summed E-state index contributed by atoms with van der Waals surface area (Å²) in [5, 5.41) is 6.67. The molecule has 0 saturated heterocycles. The van der Waals surface area contributed by atoms with Crippen molar-refractivity contribution in [2.75, 3.05) is 35.7 Å². The van der Waals surface area contributed by atoms with E-state index in [0.29, 0.717) is 5.92 Å². The molecule has 0 saturated carbocycles. The fraction of sp³-hybridized carbons (Fsp3) is 0.583. The van der Waals surface area contributed by atoms with Crippen LogP contribution in [0.15, 0.2) is 18.5 Å². The maximum absolute atomic E-state index is 4.20. The summed E-state index contributed by atoms with van der Waals surface area (Å²) in [4.78, 5) is 4.20. The van der Waals surface area contributed by atoms with Gasteiger partial charge in [0, 0.05) is 13.1 Å². The molecule has 3 nitrogen and oxygen atoms in total. The highest BCUT2D eigenvalue weighted by atomic mass is 32.2. The highest BCUT2D eigenvalue weighted by Gasteiger charge is 2.01. The molecule has 1 heterocycles. The summed E-state index contributed by atoms with van der Waals surface area (Å²) in [5.41, 5.74) is 2.16. The van der Waals surface area contributed by atoms with E-state index in [1.54, 1.807) is 0 Å². The van der Waals surface area contributed by atoms with E-state index >= 15 is 0 Å². The lowest BCUT2D eigenvalue weighted by molar-refractivity contribution is 0.701. The maximum Gasteiger partial charge on any atom is 0.0547 e. The average Bonchev–Trinajstić information content (AvgIpc) is 2.28. The van der Waals surface area contributed by atoms with Gasteiger partial charge in [0.15, 0.2) is 0 Å². The van der Waals surface area contributed by atoms with Crippen molar-refractivity contribution in [3.63, 3.8) is 0 Å². The fourth-order valence-electron chi connectivity index (χ4n) is 1.47. The van der Waals surface area contributed by atoms with E-state index < -0.39 is 0 Å². The minimum Gasteiger partial charge on any atom is -0.384 e. The Morgan fingerprint density at radius 3 is 2.62 bits per heavy atom. The van der Waals surface area contributed by atoms with Crippen molar-refractivity contribution in [1.82, 2.24) is 4.98 Å². The Kier molecular flexibility index (Phi) is 6.08. The molecule has 0 aliphatic carbocycles. The van der Waals surface area contributed by atoms with Crippen LogP contribution in [0.1, 0.15) is 13.8 Å². The van der Waals surface area contributed by atoms with Crippen LogP contribution in [0.5, 0.6) is 0 Å². The summed E-state index contributed by atoms with van der Waals surface area (Å²) in [7, 11) is 0. The largest absolute Gasteiger partial charge is 0.384 e. The number of thioether (sulfide) groups is 1. The molecular formula is C12H21N3S. The minimum atomic E-state index is 0.679. The van der Waals surface area contributed by atoms with Crippen molar-refractivity contribution in [2.24, 2.45) is 5.92 Å². The molecule has 90 valence electrons. The van der Waals surface area contributed by atoms with Gasteiger partial charge in [-0.2, -0.15) is 11.8 Å². The van der Waals surface area contributed by atoms with Crippen LogP contribution in [0, 0.1) is 5.92 Å². The summed E-state index contributed by atoms with van der Waals surface area (Å²) < 4.78 is 0. The molecule has 0 aromatic carbocycles. The predicted octanol–water partition coefficient (Wildman–Crippen LogP) is 2.92.